The maximum atomic E-state index is 14.2. The molecule has 0 spiro atoms. The Balaban J connectivity index is 2.17. The Kier molecular flexibility index (Phi) is 6.18. The van der Waals surface area contributed by atoms with E-state index in [4.69, 9.17) is 14.2 Å². The lowest BCUT2D eigenvalue weighted by molar-refractivity contribution is -0.142. The Labute approximate surface area is 141 Å². The third-order valence-electron chi connectivity index (χ3n) is 3.51. The van der Waals surface area contributed by atoms with Gasteiger partial charge in [-0.05, 0) is 48.7 Å². The summed E-state index contributed by atoms with van der Waals surface area (Å²) in [6.45, 7) is 4.07. The lowest BCUT2D eigenvalue weighted by atomic mass is 10.1. The molecule has 0 saturated heterocycles. The third-order valence-corrected chi connectivity index (χ3v) is 3.51. The van der Waals surface area contributed by atoms with Gasteiger partial charge in [0.05, 0.1) is 20.1 Å². The number of carbonyl (C=O) groups is 1. The molecule has 24 heavy (non-hydrogen) atoms. The van der Waals surface area contributed by atoms with E-state index in [0.717, 1.165) is 12.0 Å². The zero-order valence-corrected chi connectivity index (χ0v) is 14.1. The number of halogens is 1. The van der Waals surface area contributed by atoms with Crippen LogP contribution >= 0.6 is 0 Å². The van der Waals surface area contributed by atoms with Crippen molar-refractivity contribution in [1.82, 2.24) is 0 Å². The second-order valence-corrected chi connectivity index (χ2v) is 5.19. The number of benzene rings is 2. The number of hydrogen-bond acceptors (Lipinski definition) is 4. The van der Waals surface area contributed by atoms with Gasteiger partial charge in [-0.2, -0.15) is 0 Å². The number of methoxy groups -OCH3 is 1. The summed E-state index contributed by atoms with van der Waals surface area (Å²) in [6.07, 6.45) is 0.896. The van der Waals surface area contributed by atoms with E-state index in [2.05, 4.69) is 0 Å². The van der Waals surface area contributed by atoms with E-state index >= 15 is 0 Å². The SMILES string of the molecule is CCOC(=O)Cc1ccc(Oc2ccc(CC)cc2OC)c(F)c1. The van der Waals surface area contributed by atoms with Gasteiger partial charge in [-0.15, -0.1) is 0 Å². The molecular formula is C19H21FO4. The molecule has 0 aliphatic heterocycles. The highest BCUT2D eigenvalue weighted by Gasteiger charge is 2.12. The predicted octanol–water partition coefficient (Wildman–Crippen LogP) is 4.29. The van der Waals surface area contributed by atoms with E-state index in [9.17, 15) is 9.18 Å². The molecule has 0 N–H and O–H groups in total. The van der Waals surface area contributed by atoms with E-state index in [1.54, 1.807) is 26.2 Å². The average molecular weight is 332 g/mol. The van der Waals surface area contributed by atoms with Crippen molar-refractivity contribution in [2.45, 2.75) is 26.7 Å². The topological polar surface area (TPSA) is 44.8 Å². The molecule has 2 aromatic rings. The van der Waals surface area contributed by atoms with Crippen molar-refractivity contribution in [3.8, 4) is 17.2 Å². The van der Waals surface area contributed by atoms with Crippen molar-refractivity contribution in [3.63, 3.8) is 0 Å². The Morgan fingerprint density at radius 1 is 1.00 bits per heavy atom. The molecule has 0 aliphatic rings. The van der Waals surface area contributed by atoms with Crippen LogP contribution in [-0.2, 0) is 22.4 Å². The largest absolute Gasteiger partial charge is 0.493 e. The maximum Gasteiger partial charge on any atom is 0.310 e. The summed E-state index contributed by atoms with van der Waals surface area (Å²) in [7, 11) is 1.54. The molecule has 4 nitrogen and oxygen atoms in total. The Morgan fingerprint density at radius 3 is 2.33 bits per heavy atom. The minimum absolute atomic E-state index is 0.0273. The Hall–Kier alpha value is -2.56. The second kappa shape index (κ2) is 8.34. The van der Waals surface area contributed by atoms with E-state index in [-0.39, 0.29) is 18.1 Å². The standard InChI is InChI=1S/C19H21FO4/c1-4-13-6-9-17(18(11-13)22-3)24-16-8-7-14(10-15(16)20)12-19(21)23-5-2/h6-11H,4-5,12H2,1-3H3. The molecule has 0 radical (unpaired) electrons. The zero-order chi connectivity index (χ0) is 17.5. The van der Waals surface area contributed by atoms with Crippen molar-refractivity contribution in [2.75, 3.05) is 13.7 Å². The molecule has 0 atom stereocenters. The van der Waals surface area contributed by atoms with Gasteiger partial charge >= 0.3 is 5.97 Å². The molecule has 0 fully saturated rings. The number of rotatable bonds is 7. The van der Waals surface area contributed by atoms with Crippen molar-refractivity contribution in [1.29, 1.82) is 0 Å². The molecule has 0 aromatic heterocycles. The van der Waals surface area contributed by atoms with Gasteiger partial charge in [0, 0.05) is 0 Å². The highest BCUT2D eigenvalue weighted by Crippen LogP contribution is 2.33. The van der Waals surface area contributed by atoms with Gasteiger partial charge in [0.2, 0.25) is 0 Å². The quantitative estimate of drug-likeness (QED) is 0.709. The molecule has 0 bridgehead atoms. The fourth-order valence-corrected chi connectivity index (χ4v) is 2.25. The summed E-state index contributed by atoms with van der Waals surface area (Å²) in [5, 5.41) is 0. The first kappa shape index (κ1) is 17.8. The highest BCUT2D eigenvalue weighted by atomic mass is 19.1. The first-order valence-electron chi connectivity index (χ1n) is 7.86. The van der Waals surface area contributed by atoms with Crippen molar-refractivity contribution in [3.05, 3.63) is 53.3 Å². The maximum absolute atomic E-state index is 14.2. The molecule has 0 saturated carbocycles. The molecular weight excluding hydrogens is 311 g/mol. The van der Waals surface area contributed by atoms with Crippen LogP contribution in [0.4, 0.5) is 4.39 Å². The van der Waals surface area contributed by atoms with Crippen LogP contribution in [0.25, 0.3) is 0 Å². The Bertz CT molecular complexity index is 713. The minimum atomic E-state index is -0.543. The van der Waals surface area contributed by atoms with Crippen LogP contribution in [0.2, 0.25) is 0 Å². The number of hydrogen-bond donors (Lipinski definition) is 0. The average Bonchev–Trinajstić information content (AvgIpc) is 2.57. The lowest BCUT2D eigenvalue weighted by Gasteiger charge is -2.12. The van der Waals surface area contributed by atoms with E-state index in [1.807, 2.05) is 19.1 Å². The van der Waals surface area contributed by atoms with Crippen LogP contribution in [0.15, 0.2) is 36.4 Å². The van der Waals surface area contributed by atoms with E-state index in [1.165, 1.54) is 12.1 Å². The normalized spacial score (nSPS) is 10.3. The zero-order valence-electron chi connectivity index (χ0n) is 14.1. The van der Waals surface area contributed by atoms with Crippen LogP contribution < -0.4 is 9.47 Å². The molecule has 2 rings (SSSR count). The second-order valence-electron chi connectivity index (χ2n) is 5.19. The van der Waals surface area contributed by atoms with Gasteiger partial charge in [-0.1, -0.05) is 19.1 Å². The fraction of sp³-hybridized carbons (Fsp3) is 0.316. The Morgan fingerprint density at radius 2 is 1.71 bits per heavy atom. The van der Waals surface area contributed by atoms with Gasteiger partial charge in [0.15, 0.2) is 23.1 Å². The summed E-state index contributed by atoms with van der Waals surface area (Å²) in [4.78, 5) is 11.5. The van der Waals surface area contributed by atoms with Gasteiger partial charge in [0.25, 0.3) is 0 Å². The van der Waals surface area contributed by atoms with E-state index < -0.39 is 5.82 Å². The number of carbonyl (C=O) groups excluding carboxylic acids is 1. The minimum Gasteiger partial charge on any atom is -0.493 e. The summed E-state index contributed by atoms with van der Waals surface area (Å²) in [6, 6.07) is 9.94. The smallest absolute Gasteiger partial charge is 0.310 e. The summed E-state index contributed by atoms with van der Waals surface area (Å²) in [5.74, 6) is 0.127. The van der Waals surface area contributed by atoms with Crippen LogP contribution in [-0.4, -0.2) is 19.7 Å². The van der Waals surface area contributed by atoms with Gasteiger partial charge < -0.3 is 14.2 Å². The van der Waals surface area contributed by atoms with Crippen molar-refractivity contribution in [2.24, 2.45) is 0 Å². The molecule has 0 heterocycles. The van der Waals surface area contributed by atoms with Crippen LogP contribution in [0.3, 0.4) is 0 Å². The van der Waals surface area contributed by atoms with Gasteiger partial charge in [0.1, 0.15) is 0 Å². The molecule has 128 valence electrons. The molecule has 5 heteroatoms. The molecule has 0 aliphatic carbocycles. The van der Waals surface area contributed by atoms with Crippen molar-refractivity contribution >= 4 is 5.97 Å². The first-order chi connectivity index (χ1) is 11.6. The van der Waals surface area contributed by atoms with Gasteiger partial charge in [-0.3, -0.25) is 4.79 Å². The lowest BCUT2D eigenvalue weighted by Crippen LogP contribution is -2.07. The monoisotopic (exact) mass is 332 g/mol. The van der Waals surface area contributed by atoms with Crippen LogP contribution in [0, 0.1) is 5.82 Å². The number of ether oxygens (including phenoxy) is 3. The van der Waals surface area contributed by atoms with E-state index in [0.29, 0.717) is 23.7 Å². The van der Waals surface area contributed by atoms with Gasteiger partial charge in [-0.25, -0.2) is 4.39 Å². The summed E-state index contributed by atoms with van der Waals surface area (Å²) < 4.78 is 30.0. The molecule has 0 unspecified atom stereocenters. The van der Waals surface area contributed by atoms with Crippen LogP contribution in [0.5, 0.6) is 17.2 Å². The number of aryl methyl sites for hydroxylation is 1. The predicted molar refractivity (Wildman–Crippen MR) is 89.2 cm³/mol. The third kappa shape index (κ3) is 4.47. The first-order valence-corrected chi connectivity index (χ1v) is 7.86. The van der Waals surface area contributed by atoms with Crippen molar-refractivity contribution < 1.29 is 23.4 Å². The molecule has 2 aromatic carbocycles. The number of esters is 1. The molecule has 0 amide bonds. The highest BCUT2D eigenvalue weighted by molar-refractivity contribution is 5.72. The fourth-order valence-electron chi connectivity index (χ4n) is 2.25. The summed E-state index contributed by atoms with van der Waals surface area (Å²) >= 11 is 0. The summed E-state index contributed by atoms with van der Waals surface area (Å²) in [5.41, 5.74) is 1.64. The van der Waals surface area contributed by atoms with Crippen LogP contribution in [0.1, 0.15) is 25.0 Å².